The number of hydrogen-bond donors (Lipinski definition) is 1. The topological polar surface area (TPSA) is 109 Å². The fraction of sp³-hybridized carbons (Fsp3) is 0.105. The smallest absolute Gasteiger partial charge is 0.261 e. The molecule has 0 saturated heterocycles. The van der Waals surface area contributed by atoms with Gasteiger partial charge < -0.3 is 5.73 Å². The molecule has 4 rings (SSSR count). The van der Waals surface area contributed by atoms with Gasteiger partial charge in [0.15, 0.2) is 5.16 Å². The first-order valence-corrected chi connectivity index (χ1v) is 9.47. The number of nitrogens with two attached hydrogens (primary N) is 1. The van der Waals surface area contributed by atoms with E-state index in [2.05, 4.69) is 15.2 Å². The lowest BCUT2D eigenvalue weighted by Gasteiger charge is -2.12. The van der Waals surface area contributed by atoms with Crippen LogP contribution in [0.2, 0.25) is 0 Å². The Kier molecular flexibility index (Phi) is 4.90. The monoisotopic (exact) mass is 392 g/mol. The zero-order chi connectivity index (χ0) is 19.5. The summed E-state index contributed by atoms with van der Waals surface area (Å²) in [6, 6.07) is 16.7. The van der Waals surface area contributed by atoms with Crippen LogP contribution in [0, 0.1) is 0 Å². The largest absolute Gasteiger partial charge is 0.368 e. The molecule has 28 heavy (non-hydrogen) atoms. The second kappa shape index (κ2) is 7.65. The molecule has 2 N–H and O–H groups in total. The molecule has 4 aromatic rings. The van der Waals surface area contributed by atoms with Crippen LogP contribution < -0.4 is 11.3 Å². The minimum absolute atomic E-state index is 0.224. The maximum Gasteiger partial charge on any atom is 0.261 e. The van der Waals surface area contributed by atoms with Crippen LogP contribution in [-0.2, 0) is 17.1 Å². The minimum atomic E-state index is -0.599. The van der Waals surface area contributed by atoms with Crippen LogP contribution in [0.5, 0.6) is 0 Å². The van der Waals surface area contributed by atoms with E-state index in [-0.39, 0.29) is 12.1 Å². The summed E-state index contributed by atoms with van der Waals surface area (Å²) >= 11 is 1.38. The average Bonchev–Trinajstić information content (AvgIpc) is 3.18. The maximum absolute atomic E-state index is 12.8. The Morgan fingerprint density at radius 1 is 1.07 bits per heavy atom. The van der Waals surface area contributed by atoms with Crippen LogP contribution in [0.25, 0.3) is 16.6 Å². The first-order chi connectivity index (χ1) is 13.6. The normalized spacial score (nSPS) is 11.0. The summed E-state index contributed by atoms with van der Waals surface area (Å²) in [5, 5.41) is 9.23. The minimum Gasteiger partial charge on any atom is -0.368 e. The molecule has 8 nitrogen and oxygen atoms in total. The lowest BCUT2D eigenvalue weighted by Crippen LogP contribution is -2.31. The van der Waals surface area contributed by atoms with E-state index in [1.807, 2.05) is 41.0 Å². The van der Waals surface area contributed by atoms with E-state index in [0.29, 0.717) is 27.6 Å². The van der Waals surface area contributed by atoms with Gasteiger partial charge in [0.1, 0.15) is 18.7 Å². The molecule has 0 bridgehead atoms. The van der Waals surface area contributed by atoms with Gasteiger partial charge in [-0.15, -0.1) is 10.2 Å². The summed E-state index contributed by atoms with van der Waals surface area (Å²) in [6.07, 6.45) is 1.63. The Bertz CT molecular complexity index is 1200. The van der Waals surface area contributed by atoms with Gasteiger partial charge in [0, 0.05) is 5.69 Å². The van der Waals surface area contributed by atoms with Crippen LogP contribution in [0.4, 0.5) is 0 Å². The number of rotatable bonds is 6. The molecule has 2 heterocycles. The Balaban J connectivity index is 1.70. The van der Waals surface area contributed by atoms with Gasteiger partial charge in [-0.3, -0.25) is 18.7 Å². The van der Waals surface area contributed by atoms with Crippen molar-refractivity contribution < 1.29 is 4.79 Å². The Morgan fingerprint density at radius 2 is 1.82 bits per heavy atom. The number of nitrogens with zero attached hydrogens (tertiary/aromatic N) is 5. The molecule has 140 valence electrons. The first kappa shape index (κ1) is 17.9. The SMILES string of the molecule is NC(=O)Cn1c(CSc2nncn2-c2ccccc2)nc2ccccc2c1=O. The van der Waals surface area contributed by atoms with Crippen molar-refractivity contribution in [2.45, 2.75) is 17.5 Å². The summed E-state index contributed by atoms with van der Waals surface area (Å²) in [6.45, 7) is -0.224. The number of primary amides is 1. The quantitative estimate of drug-likeness (QED) is 0.501. The van der Waals surface area contributed by atoms with E-state index in [4.69, 9.17) is 5.73 Å². The van der Waals surface area contributed by atoms with Gasteiger partial charge in [-0.1, -0.05) is 42.1 Å². The molecule has 0 unspecified atom stereocenters. The highest BCUT2D eigenvalue weighted by Gasteiger charge is 2.15. The summed E-state index contributed by atoms with van der Waals surface area (Å²) in [5.41, 5.74) is 6.55. The van der Waals surface area contributed by atoms with Crippen LogP contribution in [0.15, 0.2) is 70.9 Å². The Labute approximate surface area is 164 Å². The average molecular weight is 392 g/mol. The number of hydrogen-bond acceptors (Lipinski definition) is 6. The van der Waals surface area contributed by atoms with Crippen molar-refractivity contribution in [2.24, 2.45) is 5.73 Å². The van der Waals surface area contributed by atoms with Crippen molar-refractivity contribution >= 4 is 28.6 Å². The second-order valence-electron chi connectivity index (χ2n) is 6.01. The third-order valence-electron chi connectivity index (χ3n) is 4.14. The van der Waals surface area contributed by atoms with E-state index >= 15 is 0 Å². The Hall–Kier alpha value is -3.46. The number of thioether (sulfide) groups is 1. The number of para-hydroxylation sites is 2. The van der Waals surface area contributed by atoms with E-state index < -0.39 is 5.91 Å². The highest BCUT2D eigenvalue weighted by atomic mass is 32.2. The highest BCUT2D eigenvalue weighted by molar-refractivity contribution is 7.98. The lowest BCUT2D eigenvalue weighted by molar-refractivity contribution is -0.118. The van der Waals surface area contributed by atoms with Crippen LogP contribution >= 0.6 is 11.8 Å². The molecule has 9 heteroatoms. The van der Waals surface area contributed by atoms with Gasteiger partial charge in [-0.2, -0.15) is 0 Å². The third kappa shape index (κ3) is 3.52. The van der Waals surface area contributed by atoms with Crippen molar-refractivity contribution in [1.82, 2.24) is 24.3 Å². The van der Waals surface area contributed by atoms with Crippen LogP contribution in [0.3, 0.4) is 0 Å². The molecule has 2 aromatic carbocycles. The summed E-state index contributed by atoms with van der Waals surface area (Å²) < 4.78 is 3.17. The number of carbonyl (C=O) groups is 1. The molecule has 0 fully saturated rings. The predicted molar refractivity (Wildman–Crippen MR) is 106 cm³/mol. The van der Waals surface area contributed by atoms with Crippen molar-refractivity contribution in [3.05, 3.63) is 77.1 Å². The van der Waals surface area contributed by atoms with Crippen molar-refractivity contribution in [3.63, 3.8) is 0 Å². The van der Waals surface area contributed by atoms with Crippen molar-refractivity contribution in [1.29, 1.82) is 0 Å². The molecule has 0 saturated carbocycles. The molecule has 0 atom stereocenters. The standard InChI is InChI=1S/C19H16N6O2S/c20-16(26)10-24-17(22-15-9-5-4-8-14(15)18(24)27)11-28-19-23-21-12-25(19)13-6-2-1-3-7-13/h1-9,12H,10-11H2,(H2,20,26). The van der Waals surface area contributed by atoms with Crippen LogP contribution in [0.1, 0.15) is 5.82 Å². The zero-order valence-corrected chi connectivity index (χ0v) is 15.5. The number of aromatic nitrogens is 5. The first-order valence-electron chi connectivity index (χ1n) is 8.48. The predicted octanol–water partition coefficient (Wildman–Crippen LogP) is 1.75. The van der Waals surface area contributed by atoms with Gasteiger partial charge >= 0.3 is 0 Å². The number of amides is 1. The van der Waals surface area contributed by atoms with E-state index in [9.17, 15) is 9.59 Å². The molecule has 0 radical (unpaired) electrons. The Morgan fingerprint density at radius 3 is 2.61 bits per heavy atom. The van der Waals surface area contributed by atoms with Gasteiger partial charge in [-0.25, -0.2) is 4.98 Å². The molecule has 0 aliphatic carbocycles. The molecular formula is C19H16N6O2S. The molecule has 2 aromatic heterocycles. The lowest BCUT2D eigenvalue weighted by atomic mass is 10.2. The number of carbonyl (C=O) groups excluding carboxylic acids is 1. The van der Waals surface area contributed by atoms with E-state index in [0.717, 1.165) is 5.69 Å². The molecule has 1 amide bonds. The molecular weight excluding hydrogens is 376 g/mol. The van der Waals surface area contributed by atoms with Crippen LogP contribution in [-0.4, -0.2) is 30.2 Å². The summed E-state index contributed by atoms with van der Waals surface area (Å²) in [4.78, 5) is 28.9. The van der Waals surface area contributed by atoms with Gasteiger partial charge in [0.25, 0.3) is 5.56 Å². The number of benzene rings is 2. The summed E-state index contributed by atoms with van der Waals surface area (Å²) in [7, 11) is 0. The molecule has 0 aliphatic heterocycles. The van der Waals surface area contributed by atoms with Gasteiger partial charge in [0.05, 0.1) is 16.7 Å². The number of fused-ring (bicyclic) bond motifs is 1. The second-order valence-corrected chi connectivity index (χ2v) is 6.95. The van der Waals surface area contributed by atoms with Crippen molar-refractivity contribution in [3.8, 4) is 5.69 Å². The fourth-order valence-corrected chi connectivity index (χ4v) is 3.74. The van der Waals surface area contributed by atoms with Crippen molar-refractivity contribution in [2.75, 3.05) is 0 Å². The highest BCUT2D eigenvalue weighted by Crippen LogP contribution is 2.23. The van der Waals surface area contributed by atoms with Gasteiger partial charge in [0.2, 0.25) is 5.91 Å². The zero-order valence-electron chi connectivity index (χ0n) is 14.7. The maximum atomic E-state index is 12.8. The fourth-order valence-electron chi connectivity index (χ4n) is 2.86. The summed E-state index contributed by atoms with van der Waals surface area (Å²) in [5.74, 6) is 0.187. The van der Waals surface area contributed by atoms with Gasteiger partial charge in [-0.05, 0) is 24.3 Å². The molecule has 0 aliphatic rings. The third-order valence-corrected chi connectivity index (χ3v) is 5.07. The molecule has 0 spiro atoms. The van der Waals surface area contributed by atoms with E-state index in [1.54, 1.807) is 24.5 Å². The van der Waals surface area contributed by atoms with E-state index in [1.165, 1.54) is 16.3 Å².